The first kappa shape index (κ1) is 53.9. The van der Waals surface area contributed by atoms with Crippen LogP contribution in [0, 0.1) is 0 Å². The number of hydrogen-bond acceptors (Lipinski definition) is 9. The van der Waals surface area contributed by atoms with E-state index in [0.29, 0.717) is 13.0 Å². The van der Waals surface area contributed by atoms with Gasteiger partial charge in [0.05, 0.1) is 19.8 Å². The fraction of sp³-hybridized carbons (Fsp3) is 0.776. The molecular weight excluding hydrogens is 733 g/mol. The summed E-state index contributed by atoms with van der Waals surface area (Å²) in [6.45, 7) is 4.40. The summed E-state index contributed by atoms with van der Waals surface area (Å²) in [6.07, 6.45) is 43.9. The molecule has 6 atom stereocenters. The predicted octanol–water partition coefficient (Wildman–Crippen LogP) is 10.7. The van der Waals surface area contributed by atoms with E-state index in [1.54, 1.807) is 0 Å². The van der Waals surface area contributed by atoms with Crippen molar-refractivity contribution in [3.8, 4) is 0 Å². The SMILES string of the molecule is CC/C=C\C/C=C\C/C=C\C/C=C\CCCCCCCCCOCC(COC1OC(CO)C(O)C(O)C1O)OC(=O)CCCCCCC/C=C\CCCCCCCC. The number of hydrogen-bond donors (Lipinski definition) is 4. The van der Waals surface area contributed by atoms with E-state index in [4.69, 9.17) is 18.9 Å². The van der Waals surface area contributed by atoms with Crippen LogP contribution in [0.5, 0.6) is 0 Å². The van der Waals surface area contributed by atoms with Gasteiger partial charge in [0.25, 0.3) is 0 Å². The molecule has 1 rings (SSSR count). The summed E-state index contributed by atoms with van der Waals surface area (Å²) in [4.78, 5) is 12.8. The lowest BCUT2D eigenvalue weighted by atomic mass is 9.99. The molecule has 0 amide bonds. The third-order valence-corrected chi connectivity index (χ3v) is 10.4. The maximum atomic E-state index is 12.8. The number of aliphatic hydroxyl groups excluding tert-OH is 4. The monoisotopic (exact) mass is 819 g/mol. The second-order valence-electron chi connectivity index (χ2n) is 15.8. The molecule has 9 nitrogen and oxygen atoms in total. The van der Waals surface area contributed by atoms with Gasteiger partial charge in [-0.25, -0.2) is 0 Å². The molecular formula is C49H86O9. The van der Waals surface area contributed by atoms with E-state index in [1.165, 1.54) is 77.0 Å². The zero-order chi connectivity index (χ0) is 42.2. The summed E-state index contributed by atoms with van der Waals surface area (Å²) < 4.78 is 22.8. The highest BCUT2D eigenvalue weighted by Gasteiger charge is 2.44. The number of carbonyl (C=O) groups excluding carboxylic acids is 1. The average Bonchev–Trinajstić information content (AvgIpc) is 3.22. The Morgan fingerprint density at radius 2 is 1.05 bits per heavy atom. The van der Waals surface area contributed by atoms with Gasteiger partial charge in [0.15, 0.2) is 6.29 Å². The summed E-state index contributed by atoms with van der Waals surface area (Å²) in [7, 11) is 0. The van der Waals surface area contributed by atoms with E-state index in [9.17, 15) is 25.2 Å². The van der Waals surface area contributed by atoms with Crippen molar-refractivity contribution < 1.29 is 44.2 Å². The first-order chi connectivity index (χ1) is 28.4. The second kappa shape index (κ2) is 40.3. The number of rotatable bonds is 39. The van der Waals surface area contributed by atoms with Crippen molar-refractivity contribution in [3.05, 3.63) is 60.8 Å². The maximum absolute atomic E-state index is 12.8. The molecule has 1 aliphatic heterocycles. The average molecular weight is 819 g/mol. The van der Waals surface area contributed by atoms with Crippen molar-refractivity contribution in [2.45, 2.75) is 218 Å². The van der Waals surface area contributed by atoms with E-state index in [0.717, 1.165) is 83.5 Å². The molecule has 1 heterocycles. The van der Waals surface area contributed by atoms with Crippen LogP contribution in [0.3, 0.4) is 0 Å². The van der Waals surface area contributed by atoms with Crippen LogP contribution in [0.2, 0.25) is 0 Å². The molecule has 0 radical (unpaired) electrons. The number of esters is 1. The molecule has 0 saturated carbocycles. The molecule has 4 N–H and O–H groups in total. The standard InChI is InChI=1S/C49H86O9/c1-3-5-7-9-11-13-15-17-19-20-21-22-23-25-27-29-31-33-35-37-39-55-41-43(42-56-49-48(54)47(53)46(52)44(40-50)58-49)57-45(51)38-36-34-32-30-28-26-24-18-16-14-12-10-8-6-4-2/h5,7,11,13,17-19,21-22,24,43-44,46-50,52-54H,3-4,6,8-10,12,14-16,20,23,25-42H2,1-2H3/b7-5-,13-11-,19-17-,22-21-,24-18-. The summed E-state index contributed by atoms with van der Waals surface area (Å²) in [5.41, 5.74) is 0. The molecule has 0 bridgehead atoms. The molecule has 1 aliphatic rings. The largest absolute Gasteiger partial charge is 0.457 e. The van der Waals surface area contributed by atoms with Crippen LogP contribution in [0.1, 0.15) is 181 Å². The first-order valence-corrected chi connectivity index (χ1v) is 23.4. The quantitative estimate of drug-likeness (QED) is 0.0272. The number of allylic oxidation sites excluding steroid dienone is 10. The minimum absolute atomic E-state index is 0.123. The van der Waals surface area contributed by atoms with Crippen LogP contribution in [0.4, 0.5) is 0 Å². The second-order valence-corrected chi connectivity index (χ2v) is 15.8. The Kier molecular flexibility index (Phi) is 37.5. The van der Waals surface area contributed by atoms with Crippen LogP contribution in [-0.2, 0) is 23.7 Å². The van der Waals surface area contributed by atoms with Gasteiger partial charge in [0.2, 0.25) is 0 Å². The number of aliphatic hydroxyl groups is 4. The third-order valence-electron chi connectivity index (χ3n) is 10.4. The lowest BCUT2D eigenvalue weighted by molar-refractivity contribution is -0.305. The molecule has 0 spiro atoms. The van der Waals surface area contributed by atoms with E-state index < -0.39 is 43.4 Å². The topological polar surface area (TPSA) is 135 Å². The Hall–Kier alpha value is -2.11. The maximum Gasteiger partial charge on any atom is 0.306 e. The van der Waals surface area contributed by atoms with Crippen LogP contribution in [0.25, 0.3) is 0 Å². The minimum Gasteiger partial charge on any atom is -0.457 e. The van der Waals surface area contributed by atoms with Crippen molar-refractivity contribution in [2.75, 3.05) is 26.4 Å². The first-order valence-electron chi connectivity index (χ1n) is 23.4. The molecule has 6 unspecified atom stereocenters. The smallest absolute Gasteiger partial charge is 0.306 e. The zero-order valence-electron chi connectivity index (χ0n) is 36.8. The molecule has 0 aromatic heterocycles. The van der Waals surface area contributed by atoms with E-state index in [-0.39, 0.29) is 19.2 Å². The van der Waals surface area contributed by atoms with Gasteiger partial charge in [-0.15, -0.1) is 0 Å². The fourth-order valence-electron chi connectivity index (χ4n) is 6.77. The van der Waals surface area contributed by atoms with Crippen molar-refractivity contribution >= 4 is 5.97 Å². The van der Waals surface area contributed by atoms with E-state index in [1.807, 2.05) is 0 Å². The van der Waals surface area contributed by atoms with Crippen molar-refractivity contribution in [1.82, 2.24) is 0 Å². The van der Waals surface area contributed by atoms with Gasteiger partial charge in [0, 0.05) is 13.0 Å². The van der Waals surface area contributed by atoms with Gasteiger partial charge >= 0.3 is 5.97 Å². The normalized spacial score (nSPS) is 20.8. The highest BCUT2D eigenvalue weighted by molar-refractivity contribution is 5.69. The highest BCUT2D eigenvalue weighted by atomic mass is 16.7. The molecule has 1 fully saturated rings. The van der Waals surface area contributed by atoms with Crippen molar-refractivity contribution in [1.29, 1.82) is 0 Å². The number of ether oxygens (including phenoxy) is 4. The lowest BCUT2D eigenvalue weighted by Crippen LogP contribution is -2.59. The van der Waals surface area contributed by atoms with Gasteiger partial charge in [-0.1, -0.05) is 158 Å². The fourth-order valence-corrected chi connectivity index (χ4v) is 6.77. The minimum atomic E-state index is -1.54. The summed E-state index contributed by atoms with van der Waals surface area (Å²) >= 11 is 0. The van der Waals surface area contributed by atoms with Crippen LogP contribution >= 0.6 is 0 Å². The molecule has 9 heteroatoms. The Balaban J connectivity index is 2.26. The summed E-state index contributed by atoms with van der Waals surface area (Å²) in [6, 6.07) is 0. The molecule has 58 heavy (non-hydrogen) atoms. The van der Waals surface area contributed by atoms with Gasteiger partial charge in [0.1, 0.15) is 30.5 Å². The molecule has 0 aliphatic carbocycles. The highest BCUT2D eigenvalue weighted by Crippen LogP contribution is 2.22. The van der Waals surface area contributed by atoms with Crippen molar-refractivity contribution in [2.24, 2.45) is 0 Å². The van der Waals surface area contributed by atoms with Crippen LogP contribution < -0.4 is 0 Å². The Morgan fingerprint density at radius 3 is 1.60 bits per heavy atom. The predicted molar refractivity (Wildman–Crippen MR) is 238 cm³/mol. The van der Waals surface area contributed by atoms with Crippen molar-refractivity contribution in [3.63, 3.8) is 0 Å². The van der Waals surface area contributed by atoms with Gasteiger partial charge in [-0.2, -0.15) is 0 Å². The molecule has 0 aromatic carbocycles. The summed E-state index contributed by atoms with van der Waals surface area (Å²) in [5, 5.41) is 40.1. The van der Waals surface area contributed by atoms with Gasteiger partial charge in [-0.3, -0.25) is 4.79 Å². The third kappa shape index (κ3) is 30.9. The lowest BCUT2D eigenvalue weighted by Gasteiger charge is -2.39. The van der Waals surface area contributed by atoms with Crippen LogP contribution in [-0.4, -0.2) is 89.6 Å². The van der Waals surface area contributed by atoms with E-state index >= 15 is 0 Å². The molecule has 336 valence electrons. The molecule has 0 aromatic rings. The number of carbonyl (C=O) groups is 1. The van der Waals surface area contributed by atoms with E-state index in [2.05, 4.69) is 74.6 Å². The van der Waals surface area contributed by atoms with Gasteiger partial charge in [-0.05, 0) is 77.0 Å². The van der Waals surface area contributed by atoms with Gasteiger partial charge < -0.3 is 39.4 Å². The molecule has 1 saturated heterocycles. The Morgan fingerprint density at radius 1 is 0.569 bits per heavy atom. The zero-order valence-corrected chi connectivity index (χ0v) is 36.8. The Bertz CT molecular complexity index is 1070. The number of unbranched alkanes of at least 4 members (excludes halogenated alkanes) is 18. The Labute approximate surface area is 354 Å². The summed E-state index contributed by atoms with van der Waals surface area (Å²) in [5.74, 6) is -0.328. The van der Waals surface area contributed by atoms with Crippen LogP contribution in [0.15, 0.2) is 60.8 Å².